The molecule has 0 fully saturated rings. The second kappa shape index (κ2) is 8.13. The summed E-state index contributed by atoms with van der Waals surface area (Å²) in [6.07, 6.45) is 3.06. The summed E-state index contributed by atoms with van der Waals surface area (Å²) in [5, 5.41) is 4.16. The number of nitrogens with one attached hydrogen (secondary N) is 1. The molecule has 1 aromatic carbocycles. The molecule has 2 nitrogen and oxygen atoms in total. The van der Waals surface area contributed by atoms with E-state index in [9.17, 15) is 0 Å². The van der Waals surface area contributed by atoms with Crippen molar-refractivity contribution in [3.8, 4) is 0 Å². The molecule has 0 aliphatic rings. The molecule has 0 unspecified atom stereocenters. The molecule has 1 aromatic rings. The molecular formula is C14H21ClN2. The molecule has 1 N–H and O–H groups in total. The van der Waals surface area contributed by atoms with Gasteiger partial charge in [0.25, 0.3) is 0 Å². The average Bonchev–Trinajstić information content (AvgIpc) is 2.35. The standard InChI is InChI=1S/C14H21ClN2/c1-3-9-16-14(17-10-4-2)11-12-5-7-13(15)8-6-12/h5-8H,3-4,9-11H2,1-2H3,(H,16,17). The van der Waals surface area contributed by atoms with Crippen molar-refractivity contribution in [3.63, 3.8) is 0 Å². The Morgan fingerprint density at radius 2 is 1.88 bits per heavy atom. The van der Waals surface area contributed by atoms with Gasteiger partial charge in [-0.1, -0.05) is 37.6 Å². The van der Waals surface area contributed by atoms with Gasteiger partial charge in [-0.05, 0) is 30.5 Å². The van der Waals surface area contributed by atoms with Gasteiger partial charge in [-0.25, -0.2) is 0 Å². The van der Waals surface area contributed by atoms with Crippen LogP contribution in [0.5, 0.6) is 0 Å². The Morgan fingerprint density at radius 3 is 2.47 bits per heavy atom. The quantitative estimate of drug-likeness (QED) is 0.606. The lowest BCUT2D eigenvalue weighted by Gasteiger charge is -2.09. The molecule has 0 radical (unpaired) electrons. The third-order valence-corrected chi connectivity index (χ3v) is 2.64. The summed E-state index contributed by atoms with van der Waals surface area (Å²) in [6.45, 7) is 6.17. The lowest BCUT2D eigenvalue weighted by molar-refractivity contribution is 0.814. The van der Waals surface area contributed by atoms with Crippen LogP contribution in [0.3, 0.4) is 0 Å². The van der Waals surface area contributed by atoms with Crippen LogP contribution in [-0.2, 0) is 6.42 Å². The number of hydrogen-bond donors (Lipinski definition) is 1. The number of amidine groups is 1. The molecule has 0 saturated carbocycles. The van der Waals surface area contributed by atoms with Gasteiger partial charge in [-0.2, -0.15) is 0 Å². The zero-order valence-corrected chi connectivity index (χ0v) is 11.4. The van der Waals surface area contributed by atoms with Crippen LogP contribution < -0.4 is 5.32 Å². The van der Waals surface area contributed by atoms with E-state index in [2.05, 4.69) is 36.3 Å². The minimum Gasteiger partial charge on any atom is -0.374 e. The van der Waals surface area contributed by atoms with Crippen molar-refractivity contribution in [2.45, 2.75) is 33.1 Å². The fourth-order valence-corrected chi connectivity index (χ4v) is 1.61. The van der Waals surface area contributed by atoms with Gasteiger partial charge >= 0.3 is 0 Å². The van der Waals surface area contributed by atoms with E-state index in [1.165, 1.54) is 5.56 Å². The first-order chi connectivity index (χ1) is 8.26. The lowest BCUT2D eigenvalue weighted by atomic mass is 10.1. The summed E-state index contributed by atoms with van der Waals surface area (Å²) in [4.78, 5) is 4.57. The van der Waals surface area contributed by atoms with Crippen LogP contribution in [0.1, 0.15) is 32.3 Å². The van der Waals surface area contributed by atoms with Crippen molar-refractivity contribution in [2.24, 2.45) is 4.99 Å². The molecule has 0 saturated heterocycles. The van der Waals surface area contributed by atoms with Gasteiger partial charge in [0.1, 0.15) is 5.84 Å². The molecule has 0 spiro atoms. The first kappa shape index (κ1) is 14.0. The summed E-state index contributed by atoms with van der Waals surface area (Å²) in [5.41, 5.74) is 1.24. The molecule has 0 aliphatic carbocycles. The number of nitrogens with zero attached hydrogens (tertiary/aromatic N) is 1. The maximum absolute atomic E-state index is 5.87. The van der Waals surface area contributed by atoms with E-state index in [-0.39, 0.29) is 0 Å². The van der Waals surface area contributed by atoms with Gasteiger partial charge in [0, 0.05) is 24.5 Å². The van der Waals surface area contributed by atoms with Crippen molar-refractivity contribution in [1.29, 1.82) is 0 Å². The van der Waals surface area contributed by atoms with E-state index in [1.807, 2.05) is 12.1 Å². The Kier molecular flexibility index (Phi) is 6.71. The van der Waals surface area contributed by atoms with E-state index >= 15 is 0 Å². The van der Waals surface area contributed by atoms with Crippen molar-refractivity contribution in [2.75, 3.05) is 13.1 Å². The van der Waals surface area contributed by atoms with E-state index < -0.39 is 0 Å². The molecule has 0 amide bonds. The van der Waals surface area contributed by atoms with Crippen LogP contribution in [0.2, 0.25) is 5.02 Å². The Morgan fingerprint density at radius 1 is 1.18 bits per heavy atom. The largest absolute Gasteiger partial charge is 0.374 e. The molecule has 1 rings (SSSR count). The van der Waals surface area contributed by atoms with E-state index in [4.69, 9.17) is 11.6 Å². The highest BCUT2D eigenvalue weighted by Gasteiger charge is 2.00. The fraction of sp³-hybridized carbons (Fsp3) is 0.500. The zero-order chi connectivity index (χ0) is 12.5. The first-order valence-corrected chi connectivity index (χ1v) is 6.65. The molecule has 0 atom stereocenters. The molecule has 0 heterocycles. The number of hydrogen-bond acceptors (Lipinski definition) is 1. The minimum absolute atomic E-state index is 0.780. The Bertz CT molecular complexity index is 344. The van der Waals surface area contributed by atoms with Gasteiger partial charge in [0.05, 0.1) is 0 Å². The Balaban J connectivity index is 2.61. The highest BCUT2D eigenvalue weighted by molar-refractivity contribution is 6.30. The van der Waals surface area contributed by atoms with Crippen LogP contribution in [0, 0.1) is 0 Å². The normalized spacial score (nSPS) is 11.6. The van der Waals surface area contributed by atoms with Gasteiger partial charge in [-0.3, -0.25) is 4.99 Å². The summed E-state index contributed by atoms with van der Waals surface area (Å²) in [7, 11) is 0. The Labute approximate surface area is 109 Å². The van der Waals surface area contributed by atoms with Gasteiger partial charge in [0.15, 0.2) is 0 Å². The van der Waals surface area contributed by atoms with Crippen LogP contribution >= 0.6 is 11.6 Å². The SMILES string of the molecule is CCCN=C(Cc1ccc(Cl)cc1)NCCC. The number of aliphatic imine (C=N–C) groups is 1. The second-order valence-electron chi connectivity index (χ2n) is 4.06. The summed E-state index contributed by atoms with van der Waals surface area (Å²) < 4.78 is 0. The molecule has 0 bridgehead atoms. The van der Waals surface area contributed by atoms with E-state index in [1.54, 1.807) is 0 Å². The van der Waals surface area contributed by atoms with Crippen LogP contribution in [-0.4, -0.2) is 18.9 Å². The predicted octanol–water partition coefficient (Wildman–Crippen LogP) is 3.69. The minimum atomic E-state index is 0.780. The average molecular weight is 253 g/mol. The van der Waals surface area contributed by atoms with Crippen LogP contribution in [0.25, 0.3) is 0 Å². The topological polar surface area (TPSA) is 24.4 Å². The molecular weight excluding hydrogens is 232 g/mol. The lowest BCUT2D eigenvalue weighted by Crippen LogP contribution is -2.26. The molecule has 0 aromatic heterocycles. The maximum atomic E-state index is 5.87. The van der Waals surface area contributed by atoms with Gasteiger partial charge in [0.2, 0.25) is 0 Å². The summed E-state index contributed by atoms with van der Waals surface area (Å²) in [6, 6.07) is 7.96. The highest BCUT2D eigenvalue weighted by Crippen LogP contribution is 2.10. The zero-order valence-electron chi connectivity index (χ0n) is 10.7. The van der Waals surface area contributed by atoms with E-state index in [0.29, 0.717) is 0 Å². The number of rotatable bonds is 6. The number of halogens is 1. The third-order valence-electron chi connectivity index (χ3n) is 2.39. The van der Waals surface area contributed by atoms with Crippen LogP contribution in [0.4, 0.5) is 0 Å². The first-order valence-electron chi connectivity index (χ1n) is 6.28. The Hall–Kier alpha value is -1.02. The van der Waals surface area contributed by atoms with Gasteiger partial charge < -0.3 is 5.32 Å². The molecule has 0 aliphatic heterocycles. The summed E-state index contributed by atoms with van der Waals surface area (Å²) >= 11 is 5.87. The van der Waals surface area contributed by atoms with Crippen molar-refractivity contribution in [3.05, 3.63) is 34.9 Å². The van der Waals surface area contributed by atoms with Gasteiger partial charge in [-0.15, -0.1) is 0 Å². The smallest absolute Gasteiger partial charge is 0.101 e. The van der Waals surface area contributed by atoms with Crippen molar-refractivity contribution in [1.82, 2.24) is 5.32 Å². The monoisotopic (exact) mass is 252 g/mol. The second-order valence-corrected chi connectivity index (χ2v) is 4.49. The van der Waals surface area contributed by atoms with Crippen molar-refractivity contribution < 1.29 is 0 Å². The summed E-state index contributed by atoms with van der Waals surface area (Å²) in [5.74, 6) is 1.08. The van der Waals surface area contributed by atoms with Crippen LogP contribution in [0.15, 0.2) is 29.3 Å². The molecule has 94 valence electrons. The highest BCUT2D eigenvalue weighted by atomic mass is 35.5. The number of benzene rings is 1. The molecule has 17 heavy (non-hydrogen) atoms. The van der Waals surface area contributed by atoms with Crippen molar-refractivity contribution >= 4 is 17.4 Å². The molecule has 3 heteroatoms. The predicted molar refractivity (Wildman–Crippen MR) is 76.0 cm³/mol. The third kappa shape index (κ3) is 5.73. The fourth-order valence-electron chi connectivity index (χ4n) is 1.49. The maximum Gasteiger partial charge on any atom is 0.101 e. The van der Waals surface area contributed by atoms with E-state index in [0.717, 1.165) is 43.2 Å².